The lowest BCUT2D eigenvalue weighted by atomic mass is 9.97. The Labute approximate surface area is 360 Å². The number of benzene rings is 1. The number of rotatable bonds is 41. The van der Waals surface area contributed by atoms with E-state index in [0.29, 0.717) is 26.1 Å². The standard InChI is InChI=1S/C50H87NO8/c1-51-38-36-44(37-39-51)50(56)59-43-45-42-46(57-40-30-26-22-18-14-10-6-2-4-8-12-16-20-24-28-32-48(52)53)34-35-47(45)58-41-31-27-23-19-15-11-7-3-5-9-13-17-21-25-29-33-49(54)55/h34-35,42,44H,2-33,36-41,43H2,1H3,(H,52,53)(H,54,55). The minimum Gasteiger partial charge on any atom is -0.494 e. The Balaban J connectivity index is 1.56. The van der Waals surface area contributed by atoms with Crippen LogP contribution in [0.1, 0.15) is 224 Å². The predicted molar refractivity (Wildman–Crippen MR) is 240 cm³/mol. The largest absolute Gasteiger partial charge is 0.494 e. The van der Waals surface area contributed by atoms with Crippen molar-refractivity contribution in [1.29, 1.82) is 0 Å². The molecule has 0 amide bonds. The lowest BCUT2D eigenvalue weighted by Gasteiger charge is -2.27. The summed E-state index contributed by atoms with van der Waals surface area (Å²) in [4.78, 5) is 36.3. The van der Waals surface area contributed by atoms with Gasteiger partial charge in [-0.3, -0.25) is 14.4 Å². The first-order chi connectivity index (χ1) is 28.8. The normalized spacial score (nSPS) is 13.4. The molecule has 0 spiro atoms. The summed E-state index contributed by atoms with van der Waals surface area (Å²) in [6.45, 7) is 3.42. The van der Waals surface area contributed by atoms with Crippen molar-refractivity contribution in [3.05, 3.63) is 23.8 Å². The predicted octanol–water partition coefficient (Wildman–Crippen LogP) is 13.5. The number of ether oxygens (including phenoxy) is 3. The number of esters is 1. The molecule has 1 fully saturated rings. The van der Waals surface area contributed by atoms with Crippen LogP contribution in [0.4, 0.5) is 0 Å². The Morgan fingerprint density at radius 3 is 1.27 bits per heavy atom. The van der Waals surface area contributed by atoms with Crippen LogP contribution in [0, 0.1) is 5.92 Å². The van der Waals surface area contributed by atoms with Crippen LogP contribution in [-0.2, 0) is 25.7 Å². The first kappa shape index (κ1) is 52.3. The molecule has 0 radical (unpaired) electrons. The van der Waals surface area contributed by atoms with Gasteiger partial charge in [-0.05, 0) is 76.9 Å². The summed E-state index contributed by atoms with van der Waals surface area (Å²) in [7, 11) is 2.10. The van der Waals surface area contributed by atoms with Crippen LogP contribution in [0.3, 0.4) is 0 Å². The summed E-state index contributed by atoms with van der Waals surface area (Å²) < 4.78 is 18.3. The first-order valence-corrected chi connectivity index (χ1v) is 24.5. The van der Waals surface area contributed by atoms with Gasteiger partial charge < -0.3 is 29.3 Å². The van der Waals surface area contributed by atoms with Crippen LogP contribution < -0.4 is 9.47 Å². The summed E-state index contributed by atoms with van der Waals surface area (Å²) in [6.07, 6.45) is 38.8. The molecule has 59 heavy (non-hydrogen) atoms. The molecule has 2 N–H and O–H groups in total. The fraction of sp³-hybridized carbons (Fsp3) is 0.820. The molecule has 1 heterocycles. The molecule has 9 heteroatoms. The number of aliphatic carboxylic acids is 2. The highest BCUT2D eigenvalue weighted by Gasteiger charge is 2.25. The maximum atomic E-state index is 12.9. The van der Waals surface area contributed by atoms with Crippen molar-refractivity contribution < 1.29 is 38.8 Å². The smallest absolute Gasteiger partial charge is 0.309 e. The Bertz CT molecular complexity index is 1180. The van der Waals surface area contributed by atoms with E-state index in [1.165, 1.54) is 148 Å². The zero-order valence-electron chi connectivity index (χ0n) is 37.7. The SMILES string of the molecule is CN1CCC(C(=O)OCc2cc(OCCCCCCCCCCCCCCCCCC(=O)O)ccc2OCCCCCCCCCCCCCCCCCC(=O)O)CC1. The van der Waals surface area contributed by atoms with Gasteiger partial charge in [-0.15, -0.1) is 0 Å². The second-order valence-electron chi connectivity index (χ2n) is 17.5. The Morgan fingerprint density at radius 2 is 0.881 bits per heavy atom. The van der Waals surface area contributed by atoms with E-state index in [4.69, 9.17) is 24.4 Å². The Morgan fingerprint density at radius 1 is 0.525 bits per heavy atom. The van der Waals surface area contributed by atoms with Gasteiger partial charge in [0.05, 0.1) is 19.1 Å². The molecule has 1 aliphatic rings. The highest BCUT2D eigenvalue weighted by atomic mass is 16.5. The molecule has 1 aromatic carbocycles. The number of nitrogens with zero attached hydrogens (tertiary/aromatic N) is 1. The van der Waals surface area contributed by atoms with Crippen molar-refractivity contribution in [2.75, 3.05) is 33.4 Å². The van der Waals surface area contributed by atoms with E-state index in [2.05, 4.69) is 11.9 Å². The van der Waals surface area contributed by atoms with Crippen molar-refractivity contribution in [3.8, 4) is 11.5 Å². The lowest BCUT2D eigenvalue weighted by molar-refractivity contribution is -0.151. The van der Waals surface area contributed by atoms with Gasteiger partial charge >= 0.3 is 17.9 Å². The van der Waals surface area contributed by atoms with E-state index in [0.717, 1.165) is 87.9 Å². The molecule has 0 aliphatic carbocycles. The molecular formula is C50H87NO8. The Kier molecular flexibility index (Phi) is 32.8. The Hall–Kier alpha value is -2.81. The number of hydrogen-bond donors (Lipinski definition) is 2. The van der Waals surface area contributed by atoms with Crippen LogP contribution >= 0.6 is 0 Å². The van der Waals surface area contributed by atoms with Crippen molar-refractivity contribution in [3.63, 3.8) is 0 Å². The zero-order valence-corrected chi connectivity index (χ0v) is 37.7. The van der Waals surface area contributed by atoms with Crippen molar-refractivity contribution in [2.24, 2.45) is 5.92 Å². The van der Waals surface area contributed by atoms with Gasteiger partial charge in [0.2, 0.25) is 0 Å². The second kappa shape index (κ2) is 37.0. The molecule has 0 atom stereocenters. The zero-order chi connectivity index (χ0) is 42.4. The average Bonchev–Trinajstić information content (AvgIpc) is 3.22. The number of carboxylic acids is 2. The highest BCUT2D eigenvalue weighted by Crippen LogP contribution is 2.27. The molecule has 9 nitrogen and oxygen atoms in total. The summed E-state index contributed by atoms with van der Waals surface area (Å²) in [6, 6.07) is 5.98. The van der Waals surface area contributed by atoms with Gasteiger partial charge in [-0.25, -0.2) is 0 Å². The summed E-state index contributed by atoms with van der Waals surface area (Å²) in [5.74, 6) is 0.120. The molecule has 0 aromatic heterocycles. The van der Waals surface area contributed by atoms with Gasteiger partial charge in [0.1, 0.15) is 18.1 Å². The van der Waals surface area contributed by atoms with Gasteiger partial charge in [0.25, 0.3) is 0 Å². The maximum Gasteiger partial charge on any atom is 0.309 e. The van der Waals surface area contributed by atoms with E-state index in [-0.39, 0.29) is 18.5 Å². The van der Waals surface area contributed by atoms with E-state index >= 15 is 0 Å². The van der Waals surface area contributed by atoms with Gasteiger partial charge in [-0.2, -0.15) is 0 Å². The number of carboxylic acid groups (broad SMARTS) is 2. The summed E-state index contributed by atoms with van der Waals surface area (Å²) in [5.41, 5.74) is 0.882. The van der Waals surface area contributed by atoms with Crippen molar-refractivity contribution in [1.82, 2.24) is 4.90 Å². The quantitative estimate of drug-likeness (QED) is 0.0490. The topological polar surface area (TPSA) is 123 Å². The minimum absolute atomic E-state index is 0.0284. The molecule has 1 aliphatic heterocycles. The minimum atomic E-state index is -0.675. The molecule has 0 unspecified atom stereocenters. The molecule has 0 bridgehead atoms. The van der Waals surface area contributed by atoms with E-state index in [1.54, 1.807) is 0 Å². The third-order valence-corrected chi connectivity index (χ3v) is 12.1. The lowest BCUT2D eigenvalue weighted by Crippen LogP contribution is -2.34. The summed E-state index contributed by atoms with van der Waals surface area (Å²) in [5, 5.41) is 17.4. The summed E-state index contributed by atoms with van der Waals surface area (Å²) >= 11 is 0. The van der Waals surface area contributed by atoms with Crippen LogP contribution in [0.2, 0.25) is 0 Å². The number of likely N-dealkylation sites (tertiary alicyclic amines) is 1. The van der Waals surface area contributed by atoms with Crippen LogP contribution in [0.25, 0.3) is 0 Å². The van der Waals surface area contributed by atoms with Gasteiger partial charge in [-0.1, -0.05) is 167 Å². The van der Waals surface area contributed by atoms with E-state index in [9.17, 15) is 14.4 Å². The fourth-order valence-corrected chi connectivity index (χ4v) is 8.14. The third kappa shape index (κ3) is 30.8. The molecule has 340 valence electrons. The number of carbonyl (C=O) groups excluding carboxylic acids is 1. The van der Waals surface area contributed by atoms with Gasteiger partial charge in [0.15, 0.2) is 0 Å². The van der Waals surface area contributed by atoms with Crippen molar-refractivity contribution in [2.45, 2.75) is 225 Å². The van der Waals surface area contributed by atoms with Crippen LogP contribution in [-0.4, -0.2) is 66.4 Å². The highest BCUT2D eigenvalue weighted by molar-refractivity contribution is 5.72. The first-order valence-electron chi connectivity index (χ1n) is 24.5. The number of hydrogen-bond acceptors (Lipinski definition) is 7. The van der Waals surface area contributed by atoms with Crippen molar-refractivity contribution >= 4 is 17.9 Å². The fourth-order valence-electron chi connectivity index (χ4n) is 8.14. The molecule has 1 saturated heterocycles. The van der Waals surface area contributed by atoms with Crippen LogP contribution in [0.5, 0.6) is 11.5 Å². The number of unbranched alkanes of at least 4 members (excludes halogenated alkanes) is 28. The third-order valence-electron chi connectivity index (χ3n) is 12.1. The van der Waals surface area contributed by atoms with Crippen LogP contribution in [0.15, 0.2) is 18.2 Å². The number of piperidine rings is 1. The molecule has 0 saturated carbocycles. The van der Waals surface area contributed by atoms with E-state index < -0.39 is 11.9 Å². The number of carbonyl (C=O) groups is 3. The monoisotopic (exact) mass is 830 g/mol. The van der Waals surface area contributed by atoms with E-state index in [1.807, 2.05) is 18.2 Å². The second-order valence-corrected chi connectivity index (χ2v) is 17.5. The molecular weight excluding hydrogens is 743 g/mol. The maximum absolute atomic E-state index is 12.9. The van der Waals surface area contributed by atoms with Gasteiger partial charge in [0, 0.05) is 18.4 Å². The average molecular weight is 830 g/mol. The molecule has 2 rings (SSSR count). The molecule has 1 aromatic rings.